The lowest BCUT2D eigenvalue weighted by molar-refractivity contribution is -0.384. The first kappa shape index (κ1) is 14.3. The second-order valence-electron chi connectivity index (χ2n) is 4.06. The average Bonchev–Trinajstić information content (AvgIpc) is 2.92. The van der Waals surface area contributed by atoms with Crippen LogP contribution >= 0.6 is 11.3 Å². The van der Waals surface area contributed by atoms with E-state index in [1.807, 2.05) is 12.3 Å². The fourth-order valence-corrected chi connectivity index (χ4v) is 2.33. The Kier molecular flexibility index (Phi) is 4.89. The normalized spacial score (nSPS) is 10.2. The van der Waals surface area contributed by atoms with Gasteiger partial charge in [0.05, 0.1) is 28.8 Å². The Bertz CT molecular complexity index is 572. The van der Waals surface area contributed by atoms with Crippen molar-refractivity contribution < 1.29 is 9.66 Å². The average molecular weight is 293 g/mol. The molecule has 0 amide bonds. The SMILES string of the molecule is CCOc1cc(NCCc2cscn2)cc([N+](=O)[O-])c1. The molecule has 0 unspecified atom stereocenters. The van der Waals surface area contributed by atoms with Crippen molar-refractivity contribution in [1.29, 1.82) is 0 Å². The molecule has 0 aliphatic rings. The molecule has 0 saturated heterocycles. The zero-order valence-corrected chi connectivity index (χ0v) is 11.9. The number of nitrogens with zero attached hydrogens (tertiary/aromatic N) is 2. The van der Waals surface area contributed by atoms with Gasteiger partial charge in [0.1, 0.15) is 5.75 Å². The number of nitrogens with one attached hydrogen (secondary N) is 1. The van der Waals surface area contributed by atoms with Gasteiger partial charge in [-0.15, -0.1) is 11.3 Å². The summed E-state index contributed by atoms with van der Waals surface area (Å²) < 4.78 is 5.33. The minimum Gasteiger partial charge on any atom is -0.494 e. The van der Waals surface area contributed by atoms with Crippen molar-refractivity contribution >= 4 is 22.7 Å². The van der Waals surface area contributed by atoms with E-state index in [-0.39, 0.29) is 5.69 Å². The van der Waals surface area contributed by atoms with Gasteiger partial charge in [0.25, 0.3) is 5.69 Å². The van der Waals surface area contributed by atoms with Crippen molar-refractivity contribution in [3.05, 3.63) is 44.9 Å². The number of anilines is 1. The van der Waals surface area contributed by atoms with Gasteiger partial charge in [0.15, 0.2) is 0 Å². The fourth-order valence-electron chi connectivity index (χ4n) is 1.74. The molecule has 0 bridgehead atoms. The van der Waals surface area contributed by atoms with Gasteiger partial charge in [-0.2, -0.15) is 0 Å². The van der Waals surface area contributed by atoms with Gasteiger partial charge in [-0.25, -0.2) is 4.98 Å². The highest BCUT2D eigenvalue weighted by Gasteiger charge is 2.10. The third-order valence-corrected chi connectivity index (χ3v) is 3.24. The quantitative estimate of drug-likeness (QED) is 0.627. The summed E-state index contributed by atoms with van der Waals surface area (Å²) in [5.74, 6) is 0.498. The maximum atomic E-state index is 10.9. The summed E-state index contributed by atoms with van der Waals surface area (Å²) in [5.41, 5.74) is 3.50. The first-order valence-electron chi connectivity index (χ1n) is 6.22. The van der Waals surface area contributed by atoms with Crippen LogP contribution in [0.25, 0.3) is 0 Å². The predicted molar refractivity (Wildman–Crippen MR) is 78.6 cm³/mol. The number of hydrogen-bond donors (Lipinski definition) is 1. The molecule has 20 heavy (non-hydrogen) atoms. The molecule has 1 aromatic carbocycles. The Morgan fingerprint density at radius 2 is 2.30 bits per heavy atom. The van der Waals surface area contributed by atoms with Crippen LogP contribution in [0.5, 0.6) is 5.75 Å². The van der Waals surface area contributed by atoms with Crippen LogP contribution < -0.4 is 10.1 Å². The lowest BCUT2D eigenvalue weighted by Gasteiger charge is -2.08. The molecule has 6 nitrogen and oxygen atoms in total. The Morgan fingerprint density at radius 1 is 1.45 bits per heavy atom. The number of rotatable bonds is 7. The predicted octanol–water partition coefficient (Wildman–Crippen LogP) is 3.10. The van der Waals surface area contributed by atoms with Crippen LogP contribution in [-0.2, 0) is 6.42 Å². The maximum Gasteiger partial charge on any atom is 0.275 e. The minimum absolute atomic E-state index is 0.0205. The molecule has 0 saturated carbocycles. The van der Waals surface area contributed by atoms with E-state index in [4.69, 9.17) is 4.74 Å². The number of thiazole rings is 1. The van der Waals surface area contributed by atoms with Crippen LogP contribution in [0.2, 0.25) is 0 Å². The molecule has 0 atom stereocenters. The van der Waals surface area contributed by atoms with Gasteiger partial charge in [-0.1, -0.05) is 0 Å². The second-order valence-corrected chi connectivity index (χ2v) is 4.78. The summed E-state index contributed by atoms with van der Waals surface area (Å²) >= 11 is 1.55. The first-order valence-corrected chi connectivity index (χ1v) is 7.16. The van der Waals surface area contributed by atoms with Crippen LogP contribution in [0.1, 0.15) is 12.6 Å². The molecule has 0 spiro atoms. The van der Waals surface area contributed by atoms with E-state index in [0.717, 1.165) is 12.1 Å². The number of non-ortho nitro benzene ring substituents is 1. The van der Waals surface area contributed by atoms with E-state index in [9.17, 15) is 10.1 Å². The topological polar surface area (TPSA) is 77.3 Å². The second kappa shape index (κ2) is 6.85. The van der Waals surface area contributed by atoms with Gasteiger partial charge in [-0.3, -0.25) is 10.1 Å². The third-order valence-electron chi connectivity index (χ3n) is 2.61. The summed E-state index contributed by atoms with van der Waals surface area (Å²) in [6, 6.07) is 4.69. The van der Waals surface area contributed by atoms with Crippen molar-refractivity contribution in [1.82, 2.24) is 4.98 Å². The van der Waals surface area contributed by atoms with Crippen molar-refractivity contribution in [3.8, 4) is 5.75 Å². The lowest BCUT2D eigenvalue weighted by atomic mass is 10.2. The van der Waals surface area contributed by atoms with Gasteiger partial charge >= 0.3 is 0 Å². The van der Waals surface area contributed by atoms with Gasteiger partial charge in [-0.05, 0) is 6.92 Å². The lowest BCUT2D eigenvalue weighted by Crippen LogP contribution is -2.06. The van der Waals surface area contributed by atoms with E-state index in [1.54, 1.807) is 22.9 Å². The molecule has 2 rings (SSSR count). The van der Waals surface area contributed by atoms with E-state index in [0.29, 0.717) is 24.6 Å². The molecule has 1 aromatic heterocycles. The number of ether oxygens (including phenoxy) is 1. The number of hydrogen-bond acceptors (Lipinski definition) is 6. The van der Waals surface area contributed by atoms with Crippen molar-refractivity contribution in [2.45, 2.75) is 13.3 Å². The van der Waals surface area contributed by atoms with E-state index >= 15 is 0 Å². The molecular formula is C13H15N3O3S. The summed E-state index contributed by atoms with van der Waals surface area (Å²) in [7, 11) is 0. The molecule has 0 aliphatic heterocycles. The van der Waals surface area contributed by atoms with Gasteiger partial charge < -0.3 is 10.1 Å². The highest BCUT2D eigenvalue weighted by molar-refractivity contribution is 7.07. The number of nitro benzene ring substituents is 1. The maximum absolute atomic E-state index is 10.9. The molecule has 0 fully saturated rings. The molecule has 106 valence electrons. The Hall–Kier alpha value is -2.15. The molecule has 1 heterocycles. The van der Waals surface area contributed by atoms with Crippen molar-refractivity contribution in [2.75, 3.05) is 18.5 Å². The third kappa shape index (κ3) is 3.92. The monoisotopic (exact) mass is 293 g/mol. The molecule has 7 heteroatoms. The highest BCUT2D eigenvalue weighted by atomic mass is 32.1. The van der Waals surface area contributed by atoms with E-state index in [2.05, 4.69) is 10.3 Å². The fraction of sp³-hybridized carbons (Fsp3) is 0.308. The van der Waals surface area contributed by atoms with Gasteiger partial charge in [0, 0.05) is 36.2 Å². The molecule has 0 radical (unpaired) electrons. The van der Waals surface area contributed by atoms with Crippen molar-refractivity contribution in [2.24, 2.45) is 0 Å². The van der Waals surface area contributed by atoms with E-state index < -0.39 is 4.92 Å². The first-order chi connectivity index (χ1) is 9.69. The van der Waals surface area contributed by atoms with Crippen LogP contribution in [0, 0.1) is 10.1 Å². The molecule has 0 aliphatic carbocycles. The van der Waals surface area contributed by atoms with Crippen LogP contribution in [0.4, 0.5) is 11.4 Å². The molecular weight excluding hydrogens is 278 g/mol. The number of nitro groups is 1. The van der Waals surface area contributed by atoms with Crippen LogP contribution in [0.3, 0.4) is 0 Å². The smallest absolute Gasteiger partial charge is 0.275 e. The van der Waals surface area contributed by atoms with Crippen LogP contribution in [0.15, 0.2) is 29.1 Å². The zero-order valence-electron chi connectivity index (χ0n) is 11.0. The van der Waals surface area contributed by atoms with Gasteiger partial charge in [0.2, 0.25) is 0 Å². The highest BCUT2D eigenvalue weighted by Crippen LogP contribution is 2.26. The number of benzene rings is 1. The van der Waals surface area contributed by atoms with Crippen molar-refractivity contribution in [3.63, 3.8) is 0 Å². The number of aromatic nitrogens is 1. The molecule has 2 aromatic rings. The summed E-state index contributed by atoms with van der Waals surface area (Å²) in [4.78, 5) is 14.6. The Labute approximate surface area is 120 Å². The summed E-state index contributed by atoms with van der Waals surface area (Å²) in [6.45, 7) is 2.98. The zero-order chi connectivity index (χ0) is 14.4. The standard InChI is InChI=1S/C13H15N3O3S/c1-2-19-13-6-11(5-12(7-13)16(17)18)14-4-3-10-8-20-9-15-10/h5-9,14H,2-4H2,1H3. The minimum atomic E-state index is -0.422. The summed E-state index contributed by atoms with van der Waals surface area (Å²) in [5, 5.41) is 16.0. The largest absolute Gasteiger partial charge is 0.494 e. The Morgan fingerprint density at radius 3 is 2.95 bits per heavy atom. The summed E-state index contributed by atoms with van der Waals surface area (Å²) in [6.07, 6.45) is 0.774. The Balaban J connectivity index is 2.03. The molecule has 1 N–H and O–H groups in total. The van der Waals surface area contributed by atoms with Crippen LogP contribution in [-0.4, -0.2) is 23.1 Å². The van der Waals surface area contributed by atoms with E-state index in [1.165, 1.54) is 12.1 Å².